The van der Waals surface area contributed by atoms with Crippen LogP contribution in [0.3, 0.4) is 0 Å². The molecule has 0 aliphatic carbocycles. The Hall–Kier alpha value is -2.32. The number of amides is 1. The van der Waals surface area contributed by atoms with Crippen LogP contribution in [-0.4, -0.2) is 59.1 Å². The van der Waals surface area contributed by atoms with E-state index in [1.165, 1.54) is 19.3 Å². The van der Waals surface area contributed by atoms with Crippen molar-refractivity contribution < 1.29 is 9.53 Å². The summed E-state index contributed by atoms with van der Waals surface area (Å²) >= 11 is 0. The molecule has 0 saturated carbocycles. The number of carbonyl (C=O) groups is 1. The van der Waals surface area contributed by atoms with Gasteiger partial charge in [-0.2, -0.15) is 0 Å². The summed E-state index contributed by atoms with van der Waals surface area (Å²) in [6, 6.07) is 0. The van der Waals surface area contributed by atoms with Gasteiger partial charge >= 0.3 is 6.09 Å². The number of alkyl carbamates (subject to hydrolysis) is 1. The van der Waals surface area contributed by atoms with Gasteiger partial charge < -0.3 is 25.3 Å². The van der Waals surface area contributed by atoms with E-state index < -0.39 is 11.7 Å². The molecule has 0 aromatic carbocycles. The largest absolute Gasteiger partial charge is 0.444 e. The minimum Gasteiger partial charge on any atom is -0.444 e. The topological polar surface area (TPSA) is 105 Å². The Labute approximate surface area is 161 Å². The average Bonchev–Trinajstić information content (AvgIpc) is 2.82. The molecule has 3 N–H and O–H groups in total. The van der Waals surface area contributed by atoms with Crippen LogP contribution >= 0.6 is 0 Å². The first-order valence-electron chi connectivity index (χ1n) is 9.71. The molecule has 0 bridgehead atoms. The molecule has 1 amide bonds. The van der Waals surface area contributed by atoms with Gasteiger partial charge in [0.1, 0.15) is 17.2 Å². The molecule has 152 valence electrons. The Morgan fingerprint density at radius 2 is 1.85 bits per heavy atom. The van der Waals surface area contributed by atoms with Crippen LogP contribution < -0.4 is 16.0 Å². The van der Waals surface area contributed by atoms with E-state index in [0.717, 1.165) is 37.6 Å². The molecular formula is C18H33N7O2. The van der Waals surface area contributed by atoms with E-state index in [9.17, 15) is 4.79 Å². The highest BCUT2D eigenvalue weighted by Crippen LogP contribution is 2.14. The Morgan fingerprint density at radius 3 is 2.59 bits per heavy atom. The maximum absolute atomic E-state index is 11.6. The number of ether oxygens (including phenoxy) is 1. The van der Waals surface area contributed by atoms with E-state index >= 15 is 0 Å². The molecule has 9 nitrogen and oxygen atoms in total. The van der Waals surface area contributed by atoms with Crippen LogP contribution in [0.25, 0.3) is 0 Å². The molecule has 1 aliphatic rings. The van der Waals surface area contributed by atoms with Crippen molar-refractivity contribution in [2.24, 2.45) is 4.99 Å². The number of aliphatic imine (C=N–C) groups is 1. The Kier molecular flexibility index (Phi) is 7.87. The van der Waals surface area contributed by atoms with E-state index in [2.05, 4.69) is 35.7 Å². The summed E-state index contributed by atoms with van der Waals surface area (Å²) < 4.78 is 7.45. The fourth-order valence-electron chi connectivity index (χ4n) is 2.90. The van der Waals surface area contributed by atoms with Crippen molar-refractivity contribution in [3.05, 3.63) is 11.6 Å². The third-order valence-corrected chi connectivity index (χ3v) is 4.14. The van der Waals surface area contributed by atoms with E-state index in [1.807, 2.05) is 20.8 Å². The van der Waals surface area contributed by atoms with Crippen molar-refractivity contribution in [1.29, 1.82) is 0 Å². The normalized spacial score (nSPS) is 14.9. The lowest BCUT2D eigenvalue weighted by Crippen LogP contribution is -2.43. The van der Waals surface area contributed by atoms with Crippen LogP contribution in [0.1, 0.15) is 51.7 Å². The highest BCUT2D eigenvalue weighted by atomic mass is 16.6. The first-order chi connectivity index (χ1) is 12.9. The van der Waals surface area contributed by atoms with E-state index in [-0.39, 0.29) is 0 Å². The predicted molar refractivity (Wildman–Crippen MR) is 105 cm³/mol. The van der Waals surface area contributed by atoms with Gasteiger partial charge in [0.15, 0.2) is 5.96 Å². The maximum atomic E-state index is 11.6. The van der Waals surface area contributed by atoms with Gasteiger partial charge in [-0.3, -0.25) is 4.99 Å². The summed E-state index contributed by atoms with van der Waals surface area (Å²) in [6.45, 7) is 8.26. The van der Waals surface area contributed by atoms with Crippen molar-refractivity contribution >= 4 is 12.1 Å². The molecule has 0 atom stereocenters. The molecule has 0 unspecified atom stereocenters. The smallest absolute Gasteiger partial charge is 0.407 e. The molecule has 2 rings (SSSR count). The van der Waals surface area contributed by atoms with Crippen molar-refractivity contribution in [2.45, 2.75) is 65.0 Å². The van der Waals surface area contributed by atoms with Gasteiger partial charge in [0.2, 0.25) is 0 Å². The second-order valence-electron chi connectivity index (χ2n) is 7.60. The highest BCUT2D eigenvalue weighted by molar-refractivity contribution is 5.79. The number of hydrogen-bond acceptors (Lipinski definition) is 5. The van der Waals surface area contributed by atoms with Crippen LogP contribution in [0, 0.1) is 0 Å². The zero-order chi connectivity index (χ0) is 19.7. The lowest BCUT2D eigenvalue weighted by molar-refractivity contribution is 0.0529. The van der Waals surface area contributed by atoms with Crippen LogP contribution in [0.5, 0.6) is 0 Å². The number of fused-ring (bicyclic) bond motifs is 1. The van der Waals surface area contributed by atoms with Crippen LogP contribution in [0.4, 0.5) is 4.79 Å². The lowest BCUT2D eigenvalue weighted by atomic mass is 10.2. The number of carbonyl (C=O) groups excluding carboxylic acids is 1. The SMILES string of the molecule is CN=C(NCCNC(=O)OC(C)(C)C)NCCc1nnc2n1CCCCC2. The Balaban J connectivity index is 1.66. The summed E-state index contributed by atoms with van der Waals surface area (Å²) in [5, 5.41) is 17.8. The summed E-state index contributed by atoms with van der Waals surface area (Å²) in [6.07, 6.45) is 5.05. The van der Waals surface area contributed by atoms with Crippen LogP contribution in [-0.2, 0) is 24.1 Å². The number of hydrogen-bond donors (Lipinski definition) is 3. The number of nitrogens with zero attached hydrogens (tertiary/aromatic N) is 4. The number of aryl methyl sites for hydroxylation is 1. The first kappa shape index (κ1) is 21.0. The fraction of sp³-hybridized carbons (Fsp3) is 0.778. The third-order valence-electron chi connectivity index (χ3n) is 4.14. The van der Waals surface area contributed by atoms with Gasteiger partial charge in [-0.1, -0.05) is 6.42 Å². The zero-order valence-electron chi connectivity index (χ0n) is 17.0. The van der Waals surface area contributed by atoms with Gasteiger partial charge in [-0.05, 0) is 33.6 Å². The molecule has 2 heterocycles. The molecule has 0 fully saturated rings. The minimum atomic E-state index is -0.491. The molecule has 27 heavy (non-hydrogen) atoms. The summed E-state index contributed by atoms with van der Waals surface area (Å²) in [5.74, 6) is 2.83. The first-order valence-corrected chi connectivity index (χ1v) is 9.71. The quantitative estimate of drug-likeness (QED) is 0.390. The second-order valence-corrected chi connectivity index (χ2v) is 7.60. The van der Waals surface area contributed by atoms with E-state index in [4.69, 9.17) is 4.74 Å². The fourth-order valence-corrected chi connectivity index (χ4v) is 2.90. The average molecular weight is 380 g/mol. The summed E-state index contributed by atoms with van der Waals surface area (Å²) in [7, 11) is 1.72. The number of rotatable bonds is 6. The number of nitrogens with one attached hydrogen (secondary N) is 3. The molecular weight excluding hydrogens is 346 g/mol. The maximum Gasteiger partial charge on any atom is 0.407 e. The van der Waals surface area contributed by atoms with Crippen molar-refractivity contribution in [2.75, 3.05) is 26.7 Å². The van der Waals surface area contributed by atoms with E-state index in [1.54, 1.807) is 7.05 Å². The Morgan fingerprint density at radius 1 is 1.11 bits per heavy atom. The molecule has 0 saturated heterocycles. The molecule has 9 heteroatoms. The third kappa shape index (κ3) is 7.44. The predicted octanol–water partition coefficient (Wildman–Crippen LogP) is 1.24. The van der Waals surface area contributed by atoms with Gasteiger partial charge in [0.05, 0.1) is 0 Å². The van der Waals surface area contributed by atoms with Crippen LogP contribution in [0.15, 0.2) is 4.99 Å². The molecule has 0 radical (unpaired) electrons. The van der Waals surface area contributed by atoms with Gasteiger partial charge in [-0.15, -0.1) is 10.2 Å². The minimum absolute atomic E-state index is 0.417. The van der Waals surface area contributed by atoms with E-state index in [0.29, 0.717) is 19.0 Å². The van der Waals surface area contributed by atoms with Crippen molar-refractivity contribution in [1.82, 2.24) is 30.7 Å². The molecule has 1 aliphatic heterocycles. The van der Waals surface area contributed by atoms with Crippen molar-refractivity contribution in [3.8, 4) is 0 Å². The lowest BCUT2D eigenvalue weighted by Gasteiger charge is -2.19. The van der Waals surface area contributed by atoms with Gasteiger partial charge in [-0.25, -0.2) is 4.79 Å². The monoisotopic (exact) mass is 379 g/mol. The zero-order valence-corrected chi connectivity index (χ0v) is 17.0. The van der Waals surface area contributed by atoms with Gasteiger partial charge in [0, 0.05) is 46.1 Å². The summed E-state index contributed by atoms with van der Waals surface area (Å²) in [5.41, 5.74) is -0.491. The number of guanidine groups is 1. The van der Waals surface area contributed by atoms with Crippen LogP contribution in [0.2, 0.25) is 0 Å². The highest BCUT2D eigenvalue weighted by Gasteiger charge is 2.16. The number of aromatic nitrogens is 3. The molecule has 0 spiro atoms. The summed E-state index contributed by atoms with van der Waals surface area (Å²) in [4.78, 5) is 15.8. The Bertz CT molecular complexity index is 634. The van der Waals surface area contributed by atoms with Crippen molar-refractivity contribution in [3.63, 3.8) is 0 Å². The molecule has 1 aromatic rings. The second kappa shape index (κ2) is 10.1. The molecule has 1 aromatic heterocycles. The standard InChI is InChI=1S/C18H33N7O2/c1-18(2,3)27-17(26)22-12-11-21-16(19-4)20-10-9-15-24-23-14-8-6-5-7-13-25(14)15/h5-13H2,1-4H3,(H,22,26)(H2,19,20,21). The van der Waals surface area contributed by atoms with Gasteiger partial charge in [0.25, 0.3) is 0 Å².